The van der Waals surface area contributed by atoms with E-state index in [0.29, 0.717) is 6.42 Å². The molecule has 1 fully saturated rings. The fourth-order valence-corrected chi connectivity index (χ4v) is 4.66. The Labute approximate surface area is 237 Å². The quantitative estimate of drug-likeness (QED) is 0.236. The lowest BCUT2D eigenvalue weighted by atomic mass is 9.92. The highest BCUT2D eigenvalue weighted by atomic mass is 16.6. The van der Waals surface area contributed by atoms with Crippen LogP contribution in [0.2, 0.25) is 0 Å². The molecule has 40 heavy (non-hydrogen) atoms. The van der Waals surface area contributed by atoms with E-state index >= 15 is 0 Å². The fraction of sp³-hybridized carbons (Fsp3) is 0.655. The third-order valence-corrected chi connectivity index (χ3v) is 7.44. The summed E-state index contributed by atoms with van der Waals surface area (Å²) in [4.78, 5) is 58.7. The number of rotatable bonds is 11. The molecule has 6 atom stereocenters. The summed E-state index contributed by atoms with van der Waals surface area (Å²) in [7, 11) is 1.46. The molecule has 1 unspecified atom stereocenters. The fourth-order valence-electron chi connectivity index (χ4n) is 4.66. The first-order chi connectivity index (χ1) is 18.7. The Morgan fingerprint density at radius 3 is 2.35 bits per heavy atom. The Hall–Kier alpha value is -3.59. The number of amides is 3. The van der Waals surface area contributed by atoms with Crippen molar-refractivity contribution in [1.82, 2.24) is 15.1 Å². The summed E-state index contributed by atoms with van der Waals surface area (Å²) in [5, 5.41) is 6.62. The van der Waals surface area contributed by atoms with Crippen molar-refractivity contribution in [3.05, 3.63) is 46.3 Å². The lowest BCUT2D eigenvalue weighted by Gasteiger charge is -2.33. The van der Waals surface area contributed by atoms with Crippen molar-refractivity contribution in [2.24, 2.45) is 11.0 Å². The Bertz CT molecular complexity index is 1100. The summed E-state index contributed by atoms with van der Waals surface area (Å²) in [5.74, 6) is -1.35. The van der Waals surface area contributed by atoms with Gasteiger partial charge in [-0.3, -0.25) is 19.3 Å². The zero-order valence-electron chi connectivity index (χ0n) is 25.0. The van der Waals surface area contributed by atoms with E-state index in [2.05, 4.69) is 15.3 Å². The second-order valence-electron chi connectivity index (χ2n) is 11.7. The molecule has 0 radical (unpaired) electrons. The molecule has 0 aliphatic carbocycles. The zero-order valence-corrected chi connectivity index (χ0v) is 25.0. The number of ketones is 1. The average molecular weight is 557 g/mol. The summed E-state index contributed by atoms with van der Waals surface area (Å²) in [6.07, 6.45) is 0.385. The molecule has 1 aromatic carbocycles. The van der Waals surface area contributed by atoms with Gasteiger partial charge in [-0.15, -0.1) is 0 Å². The number of ether oxygens (including phenoxy) is 1. The molecule has 1 N–H and O–H groups in total. The van der Waals surface area contributed by atoms with Crippen LogP contribution < -0.4 is 5.32 Å². The monoisotopic (exact) mass is 556 g/mol. The minimum atomic E-state index is -0.932. The van der Waals surface area contributed by atoms with E-state index in [4.69, 9.17) is 10.3 Å². The highest BCUT2D eigenvalue weighted by molar-refractivity contribution is 5.95. The number of carbonyl (C=O) groups is 4. The SMILES string of the molecule is CC[C@H](C)C(NC(=O)[C@H](C)N(C)C(=O)OC(C)(C)C)C(=O)N1C[C@@H](N=[N+]=[N-])C[C@H]1C(=O)C[C@H](C)c1ccccc1. The number of hydrogen-bond acceptors (Lipinski definition) is 6. The Morgan fingerprint density at radius 1 is 1.18 bits per heavy atom. The molecule has 11 heteroatoms. The predicted molar refractivity (Wildman–Crippen MR) is 152 cm³/mol. The van der Waals surface area contributed by atoms with E-state index in [9.17, 15) is 19.2 Å². The van der Waals surface area contributed by atoms with E-state index < -0.39 is 47.7 Å². The highest BCUT2D eigenvalue weighted by Crippen LogP contribution is 2.28. The molecule has 3 amide bonds. The van der Waals surface area contributed by atoms with Gasteiger partial charge in [0.1, 0.15) is 17.7 Å². The maximum absolute atomic E-state index is 13.9. The first-order valence-corrected chi connectivity index (χ1v) is 13.9. The van der Waals surface area contributed by atoms with Crippen molar-refractivity contribution < 1.29 is 23.9 Å². The van der Waals surface area contributed by atoms with Crippen molar-refractivity contribution in [3.63, 3.8) is 0 Å². The van der Waals surface area contributed by atoms with Crippen molar-refractivity contribution in [1.29, 1.82) is 0 Å². The lowest BCUT2D eigenvalue weighted by Crippen LogP contribution is -2.57. The maximum atomic E-state index is 13.9. The van der Waals surface area contributed by atoms with Gasteiger partial charge >= 0.3 is 6.09 Å². The molecule has 1 aromatic rings. The van der Waals surface area contributed by atoms with Crippen LogP contribution in [-0.2, 0) is 19.1 Å². The number of benzene rings is 1. The molecule has 1 saturated heterocycles. The molecule has 2 rings (SSSR count). The van der Waals surface area contributed by atoms with Crippen LogP contribution in [0.25, 0.3) is 10.4 Å². The molecule has 0 aromatic heterocycles. The van der Waals surface area contributed by atoms with E-state index in [1.54, 1.807) is 27.7 Å². The highest BCUT2D eigenvalue weighted by Gasteiger charge is 2.43. The van der Waals surface area contributed by atoms with Gasteiger partial charge in [0.05, 0.1) is 12.1 Å². The largest absolute Gasteiger partial charge is 0.444 e. The van der Waals surface area contributed by atoms with Gasteiger partial charge in [0.25, 0.3) is 0 Å². The number of carbonyl (C=O) groups excluding carboxylic acids is 4. The van der Waals surface area contributed by atoms with Crippen molar-refractivity contribution in [2.75, 3.05) is 13.6 Å². The number of nitrogens with one attached hydrogen (secondary N) is 1. The number of hydrogen-bond donors (Lipinski definition) is 1. The molecule has 0 saturated carbocycles. The first kappa shape index (κ1) is 32.6. The summed E-state index contributed by atoms with van der Waals surface area (Å²) in [5.41, 5.74) is 9.32. The van der Waals surface area contributed by atoms with Gasteiger partial charge in [-0.1, -0.05) is 62.6 Å². The van der Waals surface area contributed by atoms with Crippen molar-refractivity contribution >= 4 is 23.7 Å². The normalized spacial score (nSPS) is 19.9. The smallest absolute Gasteiger partial charge is 0.410 e. The van der Waals surface area contributed by atoms with E-state index in [1.807, 2.05) is 51.1 Å². The van der Waals surface area contributed by atoms with Gasteiger partial charge in [-0.05, 0) is 57.0 Å². The van der Waals surface area contributed by atoms with Crippen LogP contribution in [0.15, 0.2) is 35.4 Å². The number of Topliss-reactive ketones (excluding diaryl/α,β-unsaturated/α-hetero) is 1. The standard InChI is InChI=1S/C29H44N6O5/c1-9-18(2)25(31-26(37)20(4)34(8)28(39)40-29(5,6)7)27(38)35-17-22(32-33-30)16-23(35)24(36)15-19(3)21-13-11-10-12-14-21/h10-14,18-20,22-23,25H,9,15-17H2,1-8H3,(H,31,37)/t18-,19-,20-,22-,23-,25?/m0/s1. The lowest BCUT2D eigenvalue weighted by molar-refractivity contribution is -0.142. The van der Waals surface area contributed by atoms with Crippen LogP contribution in [0.5, 0.6) is 0 Å². The van der Waals surface area contributed by atoms with Gasteiger partial charge in [0.15, 0.2) is 5.78 Å². The molecule has 1 heterocycles. The van der Waals surface area contributed by atoms with Crippen LogP contribution in [0.3, 0.4) is 0 Å². The molecule has 1 aliphatic rings. The minimum Gasteiger partial charge on any atom is -0.444 e. The number of likely N-dealkylation sites (tertiary alicyclic amines) is 1. The Balaban J connectivity index is 2.25. The average Bonchev–Trinajstić information content (AvgIpc) is 3.33. The summed E-state index contributed by atoms with van der Waals surface area (Å²) in [6.45, 7) is 12.6. The molecule has 1 aliphatic heterocycles. The second-order valence-corrected chi connectivity index (χ2v) is 11.7. The topological polar surface area (TPSA) is 145 Å². The number of azide groups is 1. The third-order valence-electron chi connectivity index (χ3n) is 7.44. The second kappa shape index (κ2) is 14.2. The third kappa shape index (κ3) is 8.71. The van der Waals surface area contributed by atoms with Crippen molar-refractivity contribution in [3.8, 4) is 0 Å². The minimum absolute atomic E-state index is 0.0570. The first-order valence-electron chi connectivity index (χ1n) is 13.9. The Kier molecular flexibility index (Phi) is 11.5. The molecule has 220 valence electrons. The van der Waals surface area contributed by atoms with Crippen LogP contribution in [0, 0.1) is 5.92 Å². The van der Waals surface area contributed by atoms with Crippen molar-refractivity contribution in [2.45, 2.75) is 103 Å². The summed E-state index contributed by atoms with van der Waals surface area (Å²) in [6, 6.07) is 6.52. The molecule has 0 spiro atoms. The molecule has 0 bridgehead atoms. The zero-order chi connectivity index (χ0) is 30.2. The van der Waals surface area contributed by atoms with Gasteiger partial charge in [-0.25, -0.2) is 4.79 Å². The van der Waals surface area contributed by atoms with Crippen LogP contribution in [-0.4, -0.2) is 76.9 Å². The summed E-state index contributed by atoms with van der Waals surface area (Å²) < 4.78 is 5.37. The van der Waals surface area contributed by atoms with E-state index in [-0.39, 0.29) is 37.0 Å². The van der Waals surface area contributed by atoms with E-state index in [0.717, 1.165) is 5.56 Å². The maximum Gasteiger partial charge on any atom is 0.410 e. The van der Waals surface area contributed by atoms with E-state index in [1.165, 1.54) is 16.8 Å². The summed E-state index contributed by atoms with van der Waals surface area (Å²) >= 11 is 0. The Morgan fingerprint density at radius 2 is 1.80 bits per heavy atom. The molecular weight excluding hydrogens is 512 g/mol. The molecular formula is C29H44N6O5. The van der Waals surface area contributed by atoms with Gasteiger partial charge < -0.3 is 15.0 Å². The predicted octanol–water partition coefficient (Wildman–Crippen LogP) is 4.82. The van der Waals surface area contributed by atoms with Gasteiger partial charge in [-0.2, -0.15) is 0 Å². The van der Waals surface area contributed by atoms with Gasteiger partial charge in [0.2, 0.25) is 11.8 Å². The van der Waals surface area contributed by atoms with Crippen LogP contribution in [0.4, 0.5) is 4.79 Å². The van der Waals surface area contributed by atoms with Gasteiger partial charge in [0, 0.05) is 24.9 Å². The van der Waals surface area contributed by atoms with Crippen LogP contribution >= 0.6 is 0 Å². The number of nitrogens with zero attached hydrogens (tertiary/aromatic N) is 5. The van der Waals surface area contributed by atoms with Crippen LogP contribution in [0.1, 0.15) is 79.2 Å². The molecule has 11 nitrogen and oxygen atoms in total. The number of likely N-dealkylation sites (N-methyl/N-ethyl adjacent to an activating group) is 1.